The van der Waals surface area contributed by atoms with Gasteiger partial charge in [-0.1, -0.05) is 27.7 Å². The van der Waals surface area contributed by atoms with Gasteiger partial charge in [-0.2, -0.15) is 8.75 Å². The highest BCUT2D eigenvalue weighted by molar-refractivity contribution is 7.27. The second kappa shape index (κ2) is 6.81. The number of hydrogen-bond acceptors (Lipinski definition) is 5. The fourth-order valence-electron chi connectivity index (χ4n) is 2.26. The highest BCUT2D eigenvalue weighted by Gasteiger charge is 2.15. The van der Waals surface area contributed by atoms with E-state index in [0.29, 0.717) is 0 Å². The standard InChI is InChI=1S/C12H8N2S3.2C2H6/c1-5-3-7-9-10(14-17-13-9)8-4-6(2)16-12(8)11(7)15-5;2*1-2/h3-4H,1-2H3;2*1-2H3. The van der Waals surface area contributed by atoms with Crippen LogP contribution in [0, 0.1) is 13.8 Å². The first-order valence-electron chi connectivity index (χ1n) is 7.28. The molecule has 0 amide bonds. The third-order valence-electron chi connectivity index (χ3n) is 2.92. The van der Waals surface area contributed by atoms with Crippen LogP contribution in [-0.4, -0.2) is 8.75 Å². The third-order valence-corrected chi connectivity index (χ3v) is 5.71. The summed E-state index contributed by atoms with van der Waals surface area (Å²) in [7, 11) is 0. The van der Waals surface area contributed by atoms with Crippen molar-refractivity contribution in [1.82, 2.24) is 8.75 Å². The zero-order valence-corrected chi connectivity index (χ0v) is 15.7. The summed E-state index contributed by atoms with van der Waals surface area (Å²) in [5.41, 5.74) is 2.14. The number of benzene rings is 1. The van der Waals surface area contributed by atoms with Gasteiger partial charge in [0.05, 0.1) is 21.1 Å². The Morgan fingerprint density at radius 1 is 0.714 bits per heavy atom. The summed E-state index contributed by atoms with van der Waals surface area (Å²) in [5, 5.41) is 2.54. The van der Waals surface area contributed by atoms with Gasteiger partial charge in [-0.15, -0.1) is 22.7 Å². The Bertz CT molecular complexity index is 797. The van der Waals surface area contributed by atoms with Crippen molar-refractivity contribution in [2.75, 3.05) is 0 Å². The first kappa shape index (κ1) is 16.3. The normalized spacial score (nSPS) is 10.4. The summed E-state index contributed by atoms with van der Waals surface area (Å²) in [6, 6.07) is 4.47. The van der Waals surface area contributed by atoms with E-state index >= 15 is 0 Å². The molecule has 5 heteroatoms. The van der Waals surface area contributed by atoms with Gasteiger partial charge in [0.2, 0.25) is 0 Å². The van der Waals surface area contributed by atoms with Gasteiger partial charge in [0.25, 0.3) is 0 Å². The molecule has 3 aromatic heterocycles. The molecule has 112 valence electrons. The summed E-state index contributed by atoms with van der Waals surface area (Å²) >= 11 is 5.03. The van der Waals surface area contributed by atoms with Gasteiger partial charge >= 0.3 is 0 Å². The van der Waals surface area contributed by atoms with Crippen LogP contribution < -0.4 is 0 Å². The zero-order chi connectivity index (χ0) is 15.6. The average molecular weight is 337 g/mol. The molecule has 2 nitrogen and oxygen atoms in total. The van der Waals surface area contributed by atoms with E-state index in [-0.39, 0.29) is 0 Å². The van der Waals surface area contributed by atoms with Crippen LogP contribution in [-0.2, 0) is 0 Å². The largest absolute Gasteiger partial charge is 0.172 e. The fourth-order valence-corrected chi connectivity index (χ4v) is 5.02. The molecule has 3 heterocycles. The van der Waals surface area contributed by atoms with E-state index in [1.807, 2.05) is 50.4 Å². The lowest BCUT2D eigenvalue weighted by atomic mass is 10.1. The summed E-state index contributed by atoms with van der Waals surface area (Å²) in [4.78, 5) is 2.68. The first-order chi connectivity index (χ1) is 10.2. The molecular formula is C16H20N2S3. The number of aryl methyl sites for hydroxylation is 2. The summed E-state index contributed by atoms with van der Waals surface area (Å²) in [6.45, 7) is 12.3. The monoisotopic (exact) mass is 336 g/mol. The quantitative estimate of drug-likeness (QED) is 0.353. The smallest absolute Gasteiger partial charge is 0.114 e. The van der Waals surface area contributed by atoms with E-state index in [0.717, 1.165) is 11.0 Å². The minimum atomic E-state index is 1.07. The van der Waals surface area contributed by atoms with E-state index in [1.165, 1.54) is 41.7 Å². The molecule has 0 atom stereocenters. The molecule has 0 radical (unpaired) electrons. The highest BCUT2D eigenvalue weighted by atomic mass is 32.1. The molecule has 0 N–H and O–H groups in total. The van der Waals surface area contributed by atoms with Crippen molar-refractivity contribution in [3.63, 3.8) is 0 Å². The average Bonchev–Trinajstić information content (AvgIpc) is 3.19. The molecule has 0 unspecified atom stereocenters. The van der Waals surface area contributed by atoms with Crippen molar-refractivity contribution in [1.29, 1.82) is 0 Å². The molecule has 0 aliphatic heterocycles. The van der Waals surface area contributed by atoms with Crippen LogP contribution in [0.1, 0.15) is 37.4 Å². The summed E-state index contributed by atoms with van der Waals surface area (Å²) in [5.74, 6) is 0. The topological polar surface area (TPSA) is 25.8 Å². The molecule has 4 aromatic rings. The van der Waals surface area contributed by atoms with Crippen LogP contribution in [0.3, 0.4) is 0 Å². The molecule has 0 saturated carbocycles. The Morgan fingerprint density at radius 3 is 1.48 bits per heavy atom. The molecule has 0 fully saturated rings. The van der Waals surface area contributed by atoms with E-state index in [2.05, 4.69) is 34.7 Å². The summed E-state index contributed by atoms with van der Waals surface area (Å²) in [6.07, 6.45) is 0. The minimum Gasteiger partial charge on any atom is -0.172 e. The van der Waals surface area contributed by atoms with Crippen molar-refractivity contribution < 1.29 is 0 Å². The lowest BCUT2D eigenvalue weighted by molar-refractivity contribution is 1.50. The Kier molecular flexibility index (Phi) is 5.30. The van der Waals surface area contributed by atoms with Crippen LogP contribution in [0.5, 0.6) is 0 Å². The van der Waals surface area contributed by atoms with E-state index < -0.39 is 0 Å². The second-order valence-corrected chi connectivity index (χ2v) is 7.20. The van der Waals surface area contributed by atoms with Crippen molar-refractivity contribution in [3.8, 4) is 0 Å². The van der Waals surface area contributed by atoms with E-state index in [1.54, 1.807) is 0 Å². The van der Waals surface area contributed by atoms with Crippen molar-refractivity contribution in [2.45, 2.75) is 41.5 Å². The van der Waals surface area contributed by atoms with Crippen LogP contribution in [0.2, 0.25) is 0 Å². The summed E-state index contributed by atoms with van der Waals surface area (Å²) < 4.78 is 11.7. The van der Waals surface area contributed by atoms with Gasteiger partial charge in [0.15, 0.2) is 0 Å². The predicted molar refractivity (Wildman–Crippen MR) is 100 cm³/mol. The Labute approximate surface area is 137 Å². The first-order valence-corrected chi connectivity index (χ1v) is 9.65. The maximum Gasteiger partial charge on any atom is 0.114 e. The van der Waals surface area contributed by atoms with Gasteiger partial charge in [-0.3, -0.25) is 0 Å². The molecular weight excluding hydrogens is 316 g/mol. The molecule has 21 heavy (non-hydrogen) atoms. The molecule has 0 aliphatic carbocycles. The van der Waals surface area contributed by atoms with Gasteiger partial charge in [0, 0.05) is 20.5 Å². The fraction of sp³-hybridized carbons (Fsp3) is 0.375. The lowest BCUT2D eigenvalue weighted by Gasteiger charge is -1.94. The van der Waals surface area contributed by atoms with Crippen molar-refractivity contribution in [2.24, 2.45) is 0 Å². The van der Waals surface area contributed by atoms with Crippen LogP contribution >= 0.6 is 34.4 Å². The second-order valence-electron chi connectivity index (χ2n) is 4.16. The SMILES string of the molecule is CC.CC.Cc1cc2c3nsnc3c3cc(C)sc3c2s1. The maximum atomic E-state index is 4.46. The number of hydrogen-bond donors (Lipinski definition) is 0. The third kappa shape index (κ3) is 2.70. The number of thiophene rings is 2. The predicted octanol–water partition coefficient (Wildman–Crippen LogP) is 6.79. The Balaban J connectivity index is 0.000000374. The van der Waals surface area contributed by atoms with Crippen molar-refractivity contribution in [3.05, 3.63) is 21.9 Å². The molecule has 0 saturated heterocycles. The van der Waals surface area contributed by atoms with Crippen LogP contribution in [0.25, 0.3) is 31.2 Å². The Morgan fingerprint density at radius 2 is 1.10 bits per heavy atom. The van der Waals surface area contributed by atoms with Crippen LogP contribution in [0.15, 0.2) is 12.1 Å². The maximum absolute atomic E-state index is 4.46. The highest BCUT2D eigenvalue weighted by Crippen LogP contribution is 2.42. The van der Waals surface area contributed by atoms with E-state index in [9.17, 15) is 0 Å². The van der Waals surface area contributed by atoms with Crippen LogP contribution in [0.4, 0.5) is 0 Å². The number of fused-ring (bicyclic) bond motifs is 6. The Hall–Kier alpha value is -1.04. The molecule has 0 aliphatic rings. The number of rotatable bonds is 0. The molecule has 1 aromatic carbocycles. The van der Waals surface area contributed by atoms with Crippen molar-refractivity contribution >= 4 is 65.6 Å². The van der Waals surface area contributed by atoms with E-state index in [4.69, 9.17) is 0 Å². The van der Waals surface area contributed by atoms with Gasteiger partial charge in [0.1, 0.15) is 11.0 Å². The zero-order valence-electron chi connectivity index (χ0n) is 13.3. The van der Waals surface area contributed by atoms with Gasteiger partial charge in [-0.25, -0.2) is 0 Å². The number of aromatic nitrogens is 2. The molecule has 0 bridgehead atoms. The minimum absolute atomic E-state index is 1.07. The van der Waals surface area contributed by atoms with Gasteiger partial charge in [-0.05, 0) is 26.0 Å². The lowest BCUT2D eigenvalue weighted by Crippen LogP contribution is -1.72. The molecule has 4 rings (SSSR count). The molecule has 0 spiro atoms. The number of nitrogens with zero attached hydrogens (tertiary/aromatic N) is 2. The van der Waals surface area contributed by atoms with Gasteiger partial charge < -0.3 is 0 Å².